The molecule has 0 spiro atoms. The Kier molecular flexibility index (Phi) is 7.44. The first-order valence-corrected chi connectivity index (χ1v) is 7.83. The van der Waals surface area contributed by atoms with Crippen LogP contribution in [-0.2, 0) is 19.1 Å². The van der Waals surface area contributed by atoms with Gasteiger partial charge in [0.05, 0.1) is 0 Å². The zero-order valence-corrected chi connectivity index (χ0v) is 13.7. The van der Waals surface area contributed by atoms with Gasteiger partial charge in [-0.2, -0.15) is 0 Å². The van der Waals surface area contributed by atoms with Crippen LogP contribution < -0.4 is 10.6 Å². The van der Waals surface area contributed by atoms with E-state index in [1.807, 2.05) is 20.8 Å². The van der Waals surface area contributed by atoms with Gasteiger partial charge in [-0.25, -0.2) is 4.79 Å². The van der Waals surface area contributed by atoms with Gasteiger partial charge in [0.1, 0.15) is 6.04 Å². The molecule has 4 atom stereocenters. The molecule has 8 nitrogen and oxygen atoms in total. The zero-order valence-electron chi connectivity index (χ0n) is 13.7. The first kappa shape index (κ1) is 19.4. The second-order valence-corrected chi connectivity index (χ2v) is 6.37. The molecular formula is C15H26N2O6. The smallest absolute Gasteiger partial charge is 0.336 e. The van der Waals surface area contributed by atoms with Crippen molar-refractivity contribution in [2.24, 2.45) is 11.8 Å². The predicted molar refractivity (Wildman–Crippen MR) is 81.6 cm³/mol. The number of amides is 2. The molecule has 0 aromatic rings. The fraction of sp³-hybridized carbons (Fsp3) is 0.800. The summed E-state index contributed by atoms with van der Waals surface area (Å²) in [6.45, 7) is 6.18. The summed E-state index contributed by atoms with van der Waals surface area (Å²) in [5.74, 6) is -1.82. The fourth-order valence-corrected chi connectivity index (χ4v) is 2.11. The number of aliphatic carboxylic acids is 1. The zero-order chi connectivity index (χ0) is 17.6. The molecule has 0 bridgehead atoms. The van der Waals surface area contributed by atoms with E-state index in [9.17, 15) is 14.4 Å². The van der Waals surface area contributed by atoms with Crippen LogP contribution in [0.5, 0.6) is 0 Å². The quantitative estimate of drug-likeness (QED) is 0.400. The van der Waals surface area contributed by atoms with Crippen LogP contribution in [0.4, 0.5) is 0 Å². The molecule has 4 N–H and O–H groups in total. The Morgan fingerprint density at radius 1 is 1.17 bits per heavy atom. The van der Waals surface area contributed by atoms with Crippen LogP contribution in [0.3, 0.4) is 0 Å². The maximum atomic E-state index is 12.2. The molecule has 2 amide bonds. The van der Waals surface area contributed by atoms with Crippen molar-refractivity contribution < 1.29 is 29.3 Å². The Balaban J connectivity index is 2.50. The second-order valence-electron chi connectivity index (χ2n) is 6.37. The highest BCUT2D eigenvalue weighted by Crippen LogP contribution is 2.22. The van der Waals surface area contributed by atoms with Crippen LogP contribution in [0.15, 0.2) is 0 Å². The van der Waals surface area contributed by atoms with E-state index in [1.54, 1.807) is 0 Å². The van der Waals surface area contributed by atoms with E-state index in [4.69, 9.17) is 14.9 Å². The lowest BCUT2D eigenvalue weighted by atomic mass is 10.0. The Morgan fingerprint density at radius 2 is 1.83 bits per heavy atom. The van der Waals surface area contributed by atoms with E-state index >= 15 is 0 Å². The van der Waals surface area contributed by atoms with Gasteiger partial charge < -0.3 is 25.6 Å². The second kappa shape index (κ2) is 8.83. The van der Waals surface area contributed by atoms with Gasteiger partial charge in [-0.15, -0.1) is 0 Å². The normalized spacial score (nSPS) is 22.3. The highest BCUT2D eigenvalue weighted by molar-refractivity contribution is 5.95. The molecule has 8 heteroatoms. The molecule has 0 aromatic carbocycles. The SMILES string of the molecule is CC(C)C[C@H](NC(=O)[C@H]1O[C@@H]1C(=O)O)C(=O)NCCC(C)CO. The van der Waals surface area contributed by atoms with E-state index < -0.39 is 30.1 Å². The Morgan fingerprint density at radius 3 is 2.30 bits per heavy atom. The first-order chi connectivity index (χ1) is 10.8. The Hall–Kier alpha value is -1.67. The third kappa shape index (κ3) is 6.54. The summed E-state index contributed by atoms with van der Waals surface area (Å²) in [5, 5.41) is 23.0. The molecule has 23 heavy (non-hydrogen) atoms. The molecule has 132 valence electrons. The van der Waals surface area contributed by atoms with Crippen molar-refractivity contribution in [3.8, 4) is 0 Å². The van der Waals surface area contributed by atoms with Crippen molar-refractivity contribution in [2.75, 3.05) is 13.2 Å². The number of carboxylic acids is 1. The van der Waals surface area contributed by atoms with E-state index in [1.165, 1.54) is 0 Å². The molecule has 0 radical (unpaired) electrons. The van der Waals surface area contributed by atoms with E-state index in [0.29, 0.717) is 19.4 Å². The third-order valence-electron chi connectivity index (χ3n) is 3.58. The maximum absolute atomic E-state index is 12.2. The standard InChI is InChI=1S/C15H26N2O6/c1-8(2)6-10(13(19)16-5-4-9(3)7-18)17-14(20)11-12(23-11)15(21)22/h8-12,18H,4-7H2,1-3H3,(H,16,19)(H,17,20)(H,21,22)/t9?,10-,11-,12-/m0/s1. The average Bonchev–Trinajstić information content (AvgIpc) is 3.26. The minimum absolute atomic E-state index is 0.0532. The fourth-order valence-electron chi connectivity index (χ4n) is 2.11. The Labute approximate surface area is 135 Å². The molecule has 1 aliphatic rings. The summed E-state index contributed by atoms with van der Waals surface area (Å²) in [5.41, 5.74) is 0. The van der Waals surface area contributed by atoms with Crippen molar-refractivity contribution in [3.05, 3.63) is 0 Å². The first-order valence-electron chi connectivity index (χ1n) is 7.83. The van der Waals surface area contributed by atoms with Crippen molar-refractivity contribution in [2.45, 2.75) is 51.9 Å². The van der Waals surface area contributed by atoms with Crippen molar-refractivity contribution >= 4 is 17.8 Å². The lowest BCUT2D eigenvalue weighted by molar-refractivity contribution is -0.138. The molecular weight excluding hydrogens is 304 g/mol. The van der Waals surface area contributed by atoms with Crippen LogP contribution in [0.1, 0.15) is 33.6 Å². The molecule has 1 heterocycles. The van der Waals surface area contributed by atoms with Crippen LogP contribution in [0.2, 0.25) is 0 Å². The third-order valence-corrected chi connectivity index (χ3v) is 3.58. The van der Waals surface area contributed by atoms with Crippen LogP contribution >= 0.6 is 0 Å². The van der Waals surface area contributed by atoms with Crippen molar-refractivity contribution in [3.63, 3.8) is 0 Å². The van der Waals surface area contributed by atoms with E-state index in [2.05, 4.69) is 10.6 Å². The van der Waals surface area contributed by atoms with Gasteiger partial charge in [0, 0.05) is 13.2 Å². The number of hydrogen-bond acceptors (Lipinski definition) is 5. The number of ether oxygens (including phenoxy) is 1. The number of carbonyl (C=O) groups is 3. The van der Waals surface area contributed by atoms with Gasteiger partial charge in [-0.3, -0.25) is 9.59 Å². The predicted octanol–water partition coefficient (Wildman–Crippen LogP) is -0.496. The number of carboxylic acid groups (broad SMARTS) is 1. The summed E-state index contributed by atoms with van der Waals surface area (Å²) in [6.07, 6.45) is -1.07. The lowest BCUT2D eigenvalue weighted by Gasteiger charge is -2.20. The molecule has 1 saturated heterocycles. The van der Waals surface area contributed by atoms with Crippen LogP contribution in [0.25, 0.3) is 0 Å². The van der Waals surface area contributed by atoms with Gasteiger partial charge in [0.15, 0.2) is 12.2 Å². The minimum Gasteiger partial charge on any atom is -0.479 e. The molecule has 0 aliphatic carbocycles. The highest BCUT2D eigenvalue weighted by atomic mass is 16.6. The van der Waals surface area contributed by atoms with Gasteiger partial charge in [-0.1, -0.05) is 20.8 Å². The number of aliphatic hydroxyl groups is 1. The van der Waals surface area contributed by atoms with E-state index in [-0.39, 0.29) is 24.3 Å². The molecule has 1 unspecified atom stereocenters. The number of rotatable bonds is 10. The van der Waals surface area contributed by atoms with Crippen molar-refractivity contribution in [1.82, 2.24) is 10.6 Å². The summed E-state index contributed by atoms with van der Waals surface area (Å²) in [4.78, 5) is 34.8. The number of aliphatic hydroxyl groups excluding tert-OH is 1. The number of nitrogens with one attached hydrogen (secondary N) is 2. The summed E-state index contributed by atoms with van der Waals surface area (Å²) in [6, 6.07) is -0.731. The molecule has 0 aromatic heterocycles. The largest absolute Gasteiger partial charge is 0.479 e. The van der Waals surface area contributed by atoms with Gasteiger partial charge in [0.2, 0.25) is 5.91 Å². The highest BCUT2D eigenvalue weighted by Gasteiger charge is 2.51. The minimum atomic E-state index is -1.19. The molecule has 1 aliphatic heterocycles. The maximum Gasteiger partial charge on any atom is 0.336 e. The summed E-state index contributed by atoms with van der Waals surface area (Å²) < 4.78 is 4.78. The number of hydrogen-bond donors (Lipinski definition) is 4. The average molecular weight is 330 g/mol. The van der Waals surface area contributed by atoms with Crippen LogP contribution in [-0.4, -0.2) is 59.4 Å². The topological polar surface area (TPSA) is 128 Å². The lowest BCUT2D eigenvalue weighted by Crippen LogP contribution is -2.49. The molecule has 0 saturated carbocycles. The molecule has 1 rings (SSSR count). The van der Waals surface area contributed by atoms with Crippen molar-refractivity contribution in [1.29, 1.82) is 0 Å². The monoisotopic (exact) mass is 330 g/mol. The van der Waals surface area contributed by atoms with E-state index in [0.717, 1.165) is 0 Å². The molecule has 1 fully saturated rings. The number of epoxide rings is 1. The number of carbonyl (C=O) groups excluding carboxylic acids is 2. The Bertz CT molecular complexity index is 440. The van der Waals surface area contributed by atoms with Gasteiger partial charge in [-0.05, 0) is 24.7 Å². The van der Waals surface area contributed by atoms with Gasteiger partial charge >= 0.3 is 5.97 Å². The van der Waals surface area contributed by atoms with Gasteiger partial charge in [0.25, 0.3) is 5.91 Å². The summed E-state index contributed by atoms with van der Waals surface area (Å²) in [7, 11) is 0. The summed E-state index contributed by atoms with van der Waals surface area (Å²) >= 11 is 0. The van der Waals surface area contributed by atoms with Crippen LogP contribution in [0, 0.1) is 11.8 Å².